The molecule has 0 radical (unpaired) electrons. The molecule has 8 aromatic carbocycles. The van der Waals surface area contributed by atoms with Crippen LogP contribution in [-0.4, -0.2) is 4.57 Å². The van der Waals surface area contributed by atoms with E-state index in [0.29, 0.717) is 21.9 Å². The maximum Gasteiger partial charge on any atom is 0.200 e. The molecular weight excluding hydrogens is 723 g/mol. The molecule has 0 amide bonds. The molecule has 0 bridgehead atoms. The average Bonchev–Trinajstić information content (AvgIpc) is 3.95. The number of benzene rings is 8. The summed E-state index contributed by atoms with van der Waals surface area (Å²) in [4.78, 5) is 13.5. The summed E-state index contributed by atoms with van der Waals surface area (Å²) in [6.07, 6.45) is 0. The molecule has 0 aliphatic heterocycles. The van der Waals surface area contributed by atoms with Crippen molar-refractivity contribution < 1.29 is 8.83 Å². The predicted octanol–water partition coefficient (Wildman–Crippen LogP) is 14.2. The molecule has 0 fully saturated rings. The first-order chi connectivity index (χ1) is 28.7. The van der Waals surface area contributed by atoms with Crippen molar-refractivity contribution >= 4 is 65.7 Å². The Hall–Kier alpha value is -7.17. The van der Waals surface area contributed by atoms with Gasteiger partial charge in [0, 0.05) is 32.6 Å². The van der Waals surface area contributed by atoms with Gasteiger partial charge in [0.2, 0.25) is 5.43 Å². The van der Waals surface area contributed by atoms with Crippen LogP contribution in [0.15, 0.2) is 165 Å². The van der Waals surface area contributed by atoms with Gasteiger partial charge in [-0.05, 0) is 98.6 Å². The highest BCUT2D eigenvalue weighted by molar-refractivity contribution is 6.22. The van der Waals surface area contributed by atoms with Crippen molar-refractivity contribution in [2.45, 2.75) is 38.5 Å². The molecule has 3 aromatic heterocycles. The number of aromatic nitrogens is 1. The Morgan fingerprint density at radius 3 is 1.80 bits per heavy atom. The molecule has 0 spiro atoms. The van der Waals surface area contributed by atoms with E-state index in [-0.39, 0.29) is 16.3 Å². The Morgan fingerprint density at radius 2 is 1.05 bits per heavy atom. The molecule has 2 aliphatic carbocycles. The van der Waals surface area contributed by atoms with E-state index in [2.05, 4.69) is 135 Å². The second kappa shape index (κ2) is 11.1. The number of hydrogen-bond acceptors (Lipinski definition) is 3. The van der Waals surface area contributed by atoms with Crippen LogP contribution in [0.1, 0.15) is 49.9 Å². The Morgan fingerprint density at radius 1 is 0.475 bits per heavy atom. The fraction of sp³-hybridized carbons (Fsp3) is 0.109. The predicted molar refractivity (Wildman–Crippen MR) is 242 cm³/mol. The average molecular weight is 760 g/mol. The number of fused-ring (bicyclic) bond motifs is 17. The lowest BCUT2D eigenvalue weighted by Gasteiger charge is -2.27. The summed E-state index contributed by atoms with van der Waals surface area (Å²) in [5, 5.41) is 5.81. The van der Waals surface area contributed by atoms with Crippen molar-refractivity contribution in [2.75, 3.05) is 0 Å². The molecule has 4 nitrogen and oxygen atoms in total. The van der Waals surface area contributed by atoms with Gasteiger partial charge in [0.15, 0.2) is 0 Å². The summed E-state index contributed by atoms with van der Waals surface area (Å²) < 4.78 is 15.9. The van der Waals surface area contributed by atoms with E-state index in [1.165, 1.54) is 60.8 Å². The zero-order chi connectivity index (χ0) is 39.5. The molecule has 2 aliphatic rings. The van der Waals surface area contributed by atoms with Gasteiger partial charge in [0.25, 0.3) is 0 Å². The van der Waals surface area contributed by atoms with Crippen LogP contribution in [0.5, 0.6) is 0 Å². The van der Waals surface area contributed by atoms with Crippen molar-refractivity contribution in [1.82, 2.24) is 4.57 Å². The normalized spacial score (nSPS) is 14.8. The summed E-state index contributed by atoms with van der Waals surface area (Å²) in [6, 6.07) is 53.3. The summed E-state index contributed by atoms with van der Waals surface area (Å²) in [5.74, 6) is 0. The quantitative estimate of drug-likeness (QED) is 0.165. The van der Waals surface area contributed by atoms with Crippen molar-refractivity contribution in [2.24, 2.45) is 0 Å². The SMILES string of the molecule is CC1(C)c2ccccc2-c2c3c(c4c(c21)c1ccccc1n4-c1ccc(-c2ccc4c(=O)c5ccccc5oc4c2)c2oc4ccccc4c12)C(C)(C)c1ccccc1-3. The van der Waals surface area contributed by atoms with Crippen LogP contribution >= 0.6 is 0 Å². The first-order valence-corrected chi connectivity index (χ1v) is 20.5. The molecule has 0 atom stereocenters. The van der Waals surface area contributed by atoms with Crippen LogP contribution in [0.25, 0.3) is 105 Å². The van der Waals surface area contributed by atoms with Gasteiger partial charge in [-0.2, -0.15) is 0 Å². The summed E-state index contributed by atoms with van der Waals surface area (Å²) in [7, 11) is 0. The number of para-hydroxylation sites is 3. The third-order valence-electron chi connectivity index (χ3n) is 13.7. The minimum atomic E-state index is -0.288. The van der Waals surface area contributed by atoms with Crippen LogP contribution in [0.2, 0.25) is 0 Å². The van der Waals surface area contributed by atoms with Gasteiger partial charge in [0.1, 0.15) is 22.3 Å². The highest BCUT2D eigenvalue weighted by atomic mass is 16.3. The molecule has 0 N–H and O–H groups in total. The van der Waals surface area contributed by atoms with E-state index in [0.717, 1.165) is 44.3 Å². The first kappa shape index (κ1) is 32.9. The number of nitrogens with zero attached hydrogens (tertiary/aromatic N) is 1. The molecular formula is C55H37NO3. The van der Waals surface area contributed by atoms with E-state index in [1.54, 1.807) is 0 Å². The van der Waals surface area contributed by atoms with Crippen LogP contribution in [-0.2, 0) is 10.8 Å². The van der Waals surface area contributed by atoms with Crippen molar-refractivity contribution in [3.63, 3.8) is 0 Å². The minimum Gasteiger partial charge on any atom is -0.456 e. The number of hydrogen-bond donors (Lipinski definition) is 0. The molecule has 280 valence electrons. The topological polar surface area (TPSA) is 48.3 Å². The maximum absolute atomic E-state index is 13.5. The fourth-order valence-corrected chi connectivity index (χ4v) is 11.2. The van der Waals surface area contributed by atoms with E-state index in [1.807, 2.05) is 48.5 Å². The lowest BCUT2D eigenvalue weighted by molar-refractivity contribution is 0.658. The monoisotopic (exact) mass is 759 g/mol. The molecule has 4 heteroatoms. The van der Waals surface area contributed by atoms with Gasteiger partial charge < -0.3 is 13.4 Å². The molecule has 11 aromatic rings. The lowest BCUT2D eigenvalue weighted by atomic mass is 9.76. The van der Waals surface area contributed by atoms with Crippen LogP contribution in [0, 0.1) is 0 Å². The number of rotatable bonds is 2. The van der Waals surface area contributed by atoms with E-state index >= 15 is 0 Å². The van der Waals surface area contributed by atoms with Crippen molar-refractivity contribution in [3.05, 3.63) is 184 Å². The minimum absolute atomic E-state index is 0.0284. The largest absolute Gasteiger partial charge is 0.456 e. The fourth-order valence-electron chi connectivity index (χ4n) is 11.2. The Balaban J connectivity index is 1.19. The van der Waals surface area contributed by atoms with Gasteiger partial charge in [-0.25, -0.2) is 0 Å². The first-order valence-electron chi connectivity index (χ1n) is 20.5. The van der Waals surface area contributed by atoms with Gasteiger partial charge >= 0.3 is 0 Å². The molecule has 0 unspecified atom stereocenters. The van der Waals surface area contributed by atoms with E-state index < -0.39 is 0 Å². The summed E-state index contributed by atoms with van der Waals surface area (Å²) in [5.41, 5.74) is 18.4. The van der Waals surface area contributed by atoms with Crippen LogP contribution < -0.4 is 5.43 Å². The second-order valence-corrected chi connectivity index (χ2v) is 17.5. The van der Waals surface area contributed by atoms with Gasteiger partial charge in [-0.15, -0.1) is 0 Å². The number of furan rings is 1. The van der Waals surface area contributed by atoms with Gasteiger partial charge in [0.05, 0.1) is 32.9 Å². The van der Waals surface area contributed by atoms with Crippen LogP contribution in [0.3, 0.4) is 0 Å². The second-order valence-electron chi connectivity index (χ2n) is 17.5. The van der Waals surface area contributed by atoms with Gasteiger partial charge in [-0.1, -0.05) is 131 Å². The highest BCUT2D eigenvalue weighted by Crippen LogP contribution is 2.63. The third-order valence-corrected chi connectivity index (χ3v) is 13.7. The zero-order valence-corrected chi connectivity index (χ0v) is 33.1. The molecule has 13 rings (SSSR count). The van der Waals surface area contributed by atoms with Crippen molar-refractivity contribution in [3.8, 4) is 39.1 Å². The van der Waals surface area contributed by atoms with Gasteiger partial charge in [-0.3, -0.25) is 4.79 Å². The third kappa shape index (κ3) is 4.01. The molecule has 0 saturated carbocycles. The summed E-state index contributed by atoms with van der Waals surface area (Å²) in [6.45, 7) is 9.63. The summed E-state index contributed by atoms with van der Waals surface area (Å²) >= 11 is 0. The molecule has 59 heavy (non-hydrogen) atoms. The zero-order valence-electron chi connectivity index (χ0n) is 33.1. The van der Waals surface area contributed by atoms with E-state index in [4.69, 9.17) is 8.83 Å². The smallest absolute Gasteiger partial charge is 0.200 e. The molecule has 0 saturated heterocycles. The standard InChI is InChI=1S/C55H37NO3/c1-54(2)38-20-10-5-15-32(38)46-47-33-16-6-11-21-39(33)55(3,4)50(47)51-48(49(46)54)34-17-7-12-22-40(34)56(51)41-28-27-31(53-45(41)35-18-8-13-23-42(35)59-53)30-25-26-37-44(29-30)58-43-24-14-9-19-36(43)52(37)57/h5-29H,1-4H3. The Labute approximate surface area is 339 Å². The Kier molecular flexibility index (Phi) is 6.16. The lowest BCUT2D eigenvalue weighted by Crippen LogP contribution is -2.19. The van der Waals surface area contributed by atoms with E-state index in [9.17, 15) is 4.79 Å². The maximum atomic E-state index is 13.5. The Bertz CT molecular complexity index is 3760. The highest BCUT2D eigenvalue weighted by Gasteiger charge is 2.47. The molecule has 3 heterocycles. The van der Waals surface area contributed by atoms with Crippen LogP contribution in [0.4, 0.5) is 0 Å². The van der Waals surface area contributed by atoms with Crippen molar-refractivity contribution in [1.29, 1.82) is 0 Å².